The Labute approximate surface area is 187 Å². The molecule has 3 aromatic heterocycles. The normalized spacial score (nSPS) is 15.3. The summed E-state index contributed by atoms with van der Waals surface area (Å²) in [5.74, 6) is 1.15. The summed E-state index contributed by atoms with van der Waals surface area (Å²) in [4.78, 5) is 26.8. The number of imidazole rings is 1. The molecule has 0 atom stereocenters. The van der Waals surface area contributed by atoms with Gasteiger partial charge >= 0.3 is 5.63 Å². The highest BCUT2D eigenvalue weighted by Crippen LogP contribution is 2.26. The Kier molecular flexibility index (Phi) is 5.21. The van der Waals surface area contributed by atoms with Crippen molar-refractivity contribution in [1.29, 1.82) is 0 Å². The summed E-state index contributed by atoms with van der Waals surface area (Å²) in [6.07, 6.45) is 3.80. The van der Waals surface area contributed by atoms with Gasteiger partial charge in [-0.3, -0.25) is 9.88 Å². The average Bonchev–Trinajstić information content (AvgIpc) is 3.18. The fourth-order valence-corrected chi connectivity index (χ4v) is 4.62. The first-order valence-electron chi connectivity index (χ1n) is 11.3. The van der Waals surface area contributed by atoms with Crippen molar-refractivity contribution in [3.05, 3.63) is 58.5 Å². The summed E-state index contributed by atoms with van der Waals surface area (Å²) in [7, 11) is 0. The van der Waals surface area contributed by atoms with Crippen LogP contribution in [0, 0.1) is 19.8 Å². The van der Waals surface area contributed by atoms with E-state index in [1.54, 1.807) is 0 Å². The van der Waals surface area contributed by atoms with Crippen molar-refractivity contribution in [2.75, 3.05) is 37.6 Å². The van der Waals surface area contributed by atoms with Crippen LogP contribution in [0.15, 0.2) is 45.9 Å². The van der Waals surface area contributed by atoms with Crippen LogP contribution in [-0.4, -0.2) is 52.0 Å². The van der Waals surface area contributed by atoms with Crippen LogP contribution >= 0.6 is 0 Å². The Balaban J connectivity index is 1.44. The quantitative estimate of drug-likeness (QED) is 0.488. The number of aromatic nitrogens is 3. The summed E-state index contributed by atoms with van der Waals surface area (Å²) >= 11 is 0. The lowest BCUT2D eigenvalue weighted by atomic mass is 10.1. The minimum atomic E-state index is -0.333. The molecule has 1 saturated heterocycles. The van der Waals surface area contributed by atoms with Crippen molar-refractivity contribution >= 4 is 22.1 Å². The van der Waals surface area contributed by atoms with Crippen molar-refractivity contribution in [3.8, 4) is 11.5 Å². The summed E-state index contributed by atoms with van der Waals surface area (Å²) in [5, 5.41) is 1.47. The molecule has 0 bridgehead atoms. The molecular weight excluding hydrogens is 402 g/mol. The van der Waals surface area contributed by atoms with E-state index in [0.29, 0.717) is 22.8 Å². The van der Waals surface area contributed by atoms with E-state index in [-0.39, 0.29) is 5.63 Å². The lowest BCUT2D eigenvalue weighted by molar-refractivity contribution is 0.231. The lowest BCUT2D eigenvalue weighted by Gasteiger charge is -2.36. The number of nitrogens with zero attached hydrogens (tertiary/aromatic N) is 5. The van der Waals surface area contributed by atoms with Gasteiger partial charge in [-0.2, -0.15) is 0 Å². The van der Waals surface area contributed by atoms with Gasteiger partial charge in [0, 0.05) is 50.8 Å². The molecule has 0 saturated carbocycles. The molecule has 0 unspecified atom stereocenters. The molecule has 0 spiro atoms. The molecule has 1 aliphatic rings. The maximum atomic E-state index is 12.9. The van der Waals surface area contributed by atoms with E-state index in [1.807, 2.05) is 48.8 Å². The Bertz CT molecular complexity index is 1350. The van der Waals surface area contributed by atoms with E-state index in [9.17, 15) is 4.79 Å². The van der Waals surface area contributed by atoms with Crippen LogP contribution in [0.1, 0.15) is 25.2 Å². The molecule has 0 amide bonds. The number of fused-ring (bicyclic) bond motifs is 2. The summed E-state index contributed by atoms with van der Waals surface area (Å²) in [6, 6.07) is 7.98. The number of anilines is 1. The molecule has 166 valence electrons. The molecule has 7 nitrogen and oxygen atoms in total. The number of hydrogen-bond donors (Lipinski definition) is 0. The molecule has 1 aromatic carbocycles. The van der Waals surface area contributed by atoms with E-state index in [1.165, 1.54) is 0 Å². The molecular formula is C25H29N5O2. The maximum Gasteiger partial charge on any atom is 0.344 e. The van der Waals surface area contributed by atoms with Gasteiger partial charge in [0.2, 0.25) is 0 Å². The third-order valence-corrected chi connectivity index (χ3v) is 6.09. The molecule has 32 heavy (non-hydrogen) atoms. The Hall–Kier alpha value is -3.19. The minimum Gasteiger partial charge on any atom is -0.421 e. The first-order chi connectivity index (χ1) is 15.4. The average molecular weight is 432 g/mol. The standard InChI is InChI=1S/C25H29N5O2/c1-16(2)13-28-7-9-29(10-8-28)20-6-5-19-11-23(32-25(31)21(19)12-20)22-15-30-14-17(3)26-18(4)24(30)27-22/h5-6,11-12,14-16H,7-10,13H2,1-4H3. The van der Waals surface area contributed by atoms with Gasteiger partial charge in [-0.05, 0) is 43.4 Å². The lowest BCUT2D eigenvalue weighted by Crippen LogP contribution is -2.47. The summed E-state index contributed by atoms with van der Waals surface area (Å²) < 4.78 is 7.63. The third kappa shape index (κ3) is 3.88. The second-order valence-electron chi connectivity index (χ2n) is 9.18. The SMILES string of the molecule is Cc1cn2cc(-c3cc4ccc(N5CCN(CC(C)C)CC5)cc4c(=O)o3)nc2c(C)n1. The van der Waals surface area contributed by atoms with Crippen LogP contribution in [0.25, 0.3) is 27.9 Å². The maximum absolute atomic E-state index is 12.9. The van der Waals surface area contributed by atoms with Gasteiger partial charge in [0.1, 0.15) is 5.69 Å². The van der Waals surface area contributed by atoms with Gasteiger partial charge in [-0.15, -0.1) is 0 Å². The van der Waals surface area contributed by atoms with Crippen molar-refractivity contribution < 1.29 is 4.42 Å². The number of aryl methyl sites for hydroxylation is 2. The van der Waals surface area contributed by atoms with E-state index in [2.05, 4.69) is 39.7 Å². The fourth-order valence-electron chi connectivity index (χ4n) is 4.62. The van der Waals surface area contributed by atoms with Crippen LogP contribution in [0.3, 0.4) is 0 Å². The van der Waals surface area contributed by atoms with Gasteiger partial charge in [0.15, 0.2) is 11.4 Å². The van der Waals surface area contributed by atoms with Crippen LogP contribution in [0.4, 0.5) is 5.69 Å². The van der Waals surface area contributed by atoms with E-state index < -0.39 is 0 Å². The topological polar surface area (TPSA) is 66.9 Å². The van der Waals surface area contributed by atoms with Crippen LogP contribution in [0.2, 0.25) is 0 Å². The van der Waals surface area contributed by atoms with Gasteiger partial charge < -0.3 is 13.7 Å². The smallest absolute Gasteiger partial charge is 0.344 e. The van der Waals surface area contributed by atoms with Gasteiger partial charge in [-0.1, -0.05) is 19.9 Å². The monoisotopic (exact) mass is 431 g/mol. The van der Waals surface area contributed by atoms with Gasteiger partial charge in [-0.25, -0.2) is 9.78 Å². The Morgan fingerprint density at radius 2 is 1.81 bits per heavy atom. The number of benzene rings is 1. The Morgan fingerprint density at radius 1 is 1.03 bits per heavy atom. The van der Waals surface area contributed by atoms with Crippen LogP contribution in [-0.2, 0) is 0 Å². The first kappa shape index (κ1) is 20.7. The molecule has 1 fully saturated rings. The minimum absolute atomic E-state index is 0.333. The van der Waals surface area contributed by atoms with Crippen molar-refractivity contribution in [3.63, 3.8) is 0 Å². The largest absolute Gasteiger partial charge is 0.421 e. The van der Waals surface area contributed by atoms with Gasteiger partial charge in [0.25, 0.3) is 0 Å². The molecule has 1 aliphatic heterocycles. The number of hydrogen-bond acceptors (Lipinski definition) is 6. The second kappa shape index (κ2) is 8.06. The summed E-state index contributed by atoms with van der Waals surface area (Å²) in [5.41, 5.74) is 3.90. The second-order valence-corrected chi connectivity index (χ2v) is 9.18. The van der Waals surface area contributed by atoms with Crippen molar-refractivity contribution in [1.82, 2.24) is 19.3 Å². The molecule has 5 rings (SSSR count). The van der Waals surface area contributed by atoms with Crippen LogP contribution < -0.4 is 10.5 Å². The van der Waals surface area contributed by atoms with Crippen molar-refractivity contribution in [2.45, 2.75) is 27.7 Å². The molecule has 7 heteroatoms. The number of piperazine rings is 1. The highest BCUT2D eigenvalue weighted by atomic mass is 16.4. The summed E-state index contributed by atoms with van der Waals surface area (Å²) in [6.45, 7) is 13.6. The third-order valence-electron chi connectivity index (χ3n) is 6.09. The van der Waals surface area contributed by atoms with Gasteiger partial charge in [0.05, 0.1) is 16.8 Å². The van der Waals surface area contributed by atoms with E-state index in [4.69, 9.17) is 4.42 Å². The van der Waals surface area contributed by atoms with E-state index in [0.717, 1.165) is 60.8 Å². The Morgan fingerprint density at radius 3 is 2.56 bits per heavy atom. The van der Waals surface area contributed by atoms with E-state index >= 15 is 0 Å². The molecule has 0 aliphatic carbocycles. The molecule has 0 radical (unpaired) electrons. The first-order valence-corrected chi connectivity index (χ1v) is 11.3. The molecule has 0 N–H and O–H groups in total. The highest BCUT2D eigenvalue weighted by molar-refractivity contribution is 5.87. The fraction of sp³-hybridized carbons (Fsp3) is 0.400. The molecule has 4 aromatic rings. The zero-order valence-corrected chi connectivity index (χ0v) is 19.1. The number of rotatable bonds is 4. The van der Waals surface area contributed by atoms with Crippen LogP contribution in [0.5, 0.6) is 0 Å². The molecule has 4 heterocycles. The zero-order valence-electron chi connectivity index (χ0n) is 19.1. The zero-order chi connectivity index (χ0) is 22.4. The highest BCUT2D eigenvalue weighted by Gasteiger charge is 2.19. The predicted octanol–water partition coefficient (Wildman–Crippen LogP) is 3.90. The van der Waals surface area contributed by atoms with Crippen molar-refractivity contribution in [2.24, 2.45) is 5.92 Å². The predicted molar refractivity (Wildman–Crippen MR) is 127 cm³/mol.